The van der Waals surface area contributed by atoms with Gasteiger partial charge in [-0.05, 0) is 43.2 Å². The fraction of sp³-hybridized carbons (Fsp3) is 0.300. The van der Waals surface area contributed by atoms with Gasteiger partial charge in [-0.1, -0.05) is 23.7 Å². The van der Waals surface area contributed by atoms with Crippen molar-refractivity contribution in [2.75, 3.05) is 29.4 Å². The van der Waals surface area contributed by atoms with E-state index in [4.69, 9.17) is 16.3 Å². The second-order valence-corrected chi connectivity index (χ2v) is 9.07. The van der Waals surface area contributed by atoms with Gasteiger partial charge in [0.15, 0.2) is 0 Å². The molecule has 0 saturated carbocycles. The molecule has 0 spiro atoms. The summed E-state index contributed by atoms with van der Waals surface area (Å²) in [5.74, 6) is -0.906. The van der Waals surface area contributed by atoms with Gasteiger partial charge in [0.1, 0.15) is 0 Å². The number of benzene rings is 2. The molecule has 0 aromatic heterocycles. The van der Waals surface area contributed by atoms with Crippen molar-refractivity contribution in [3.05, 3.63) is 58.6 Å². The molecule has 160 valence electrons. The van der Waals surface area contributed by atoms with Crippen LogP contribution < -0.4 is 15.4 Å². The lowest BCUT2D eigenvalue weighted by molar-refractivity contribution is 0.0858. The summed E-state index contributed by atoms with van der Waals surface area (Å²) in [5.41, 5.74) is 0.879. The first kappa shape index (κ1) is 22.1. The van der Waals surface area contributed by atoms with Crippen molar-refractivity contribution in [2.24, 2.45) is 0 Å². The predicted octanol–water partition coefficient (Wildman–Crippen LogP) is 2.87. The number of carbonyl (C=O) groups excluding carboxylic acids is 2. The average Bonchev–Trinajstić information content (AvgIpc) is 3.20. The molecule has 1 fully saturated rings. The second-order valence-electron chi connectivity index (χ2n) is 6.91. The molecule has 0 radical (unpaired) electrons. The minimum absolute atomic E-state index is 0.000376. The summed E-state index contributed by atoms with van der Waals surface area (Å²) in [6, 6.07) is 10.8. The monoisotopic (exact) mass is 451 g/mol. The molecule has 10 heteroatoms. The third-order valence-corrected chi connectivity index (χ3v) is 5.38. The zero-order chi connectivity index (χ0) is 21.7. The van der Waals surface area contributed by atoms with Crippen molar-refractivity contribution in [1.82, 2.24) is 5.32 Å². The first-order chi connectivity index (χ1) is 14.2. The molecule has 8 nitrogen and oxygen atoms in total. The topological polar surface area (TPSA) is 114 Å². The number of nitrogens with one attached hydrogen (secondary N) is 3. The molecule has 30 heavy (non-hydrogen) atoms. The van der Waals surface area contributed by atoms with Crippen molar-refractivity contribution in [1.29, 1.82) is 0 Å². The van der Waals surface area contributed by atoms with Crippen LogP contribution in [0, 0.1) is 0 Å². The molecule has 0 unspecified atom stereocenters. The van der Waals surface area contributed by atoms with E-state index in [9.17, 15) is 18.0 Å². The molecule has 0 bridgehead atoms. The lowest BCUT2D eigenvalue weighted by Crippen LogP contribution is -2.32. The van der Waals surface area contributed by atoms with Crippen LogP contribution in [0.25, 0.3) is 0 Å². The molecule has 2 aromatic rings. The number of carbonyl (C=O) groups is 2. The summed E-state index contributed by atoms with van der Waals surface area (Å²) in [6.45, 7) is 1.09. The minimum Gasteiger partial charge on any atom is -0.376 e. The summed E-state index contributed by atoms with van der Waals surface area (Å²) in [5, 5.41) is 5.64. The van der Waals surface area contributed by atoms with Crippen molar-refractivity contribution in [3.8, 4) is 0 Å². The summed E-state index contributed by atoms with van der Waals surface area (Å²) in [6.07, 6.45) is 2.88. The molecule has 1 aliphatic rings. The maximum atomic E-state index is 12.8. The Bertz CT molecular complexity index is 1050. The summed E-state index contributed by atoms with van der Waals surface area (Å²) < 4.78 is 30.7. The highest BCUT2D eigenvalue weighted by Gasteiger charge is 2.19. The summed E-state index contributed by atoms with van der Waals surface area (Å²) >= 11 is 6.12. The Morgan fingerprint density at radius 1 is 1.13 bits per heavy atom. The molecule has 1 aliphatic heterocycles. The fourth-order valence-corrected chi connectivity index (χ4v) is 3.82. The number of sulfonamides is 1. The van der Waals surface area contributed by atoms with Crippen LogP contribution in [-0.2, 0) is 14.8 Å². The summed E-state index contributed by atoms with van der Waals surface area (Å²) in [7, 11) is -3.51. The van der Waals surface area contributed by atoms with Crippen LogP contribution in [0.3, 0.4) is 0 Å². The van der Waals surface area contributed by atoms with Gasteiger partial charge >= 0.3 is 0 Å². The highest BCUT2D eigenvalue weighted by atomic mass is 35.5. The fourth-order valence-electron chi connectivity index (χ4n) is 3.06. The van der Waals surface area contributed by atoms with E-state index in [1.54, 1.807) is 24.3 Å². The van der Waals surface area contributed by atoms with Crippen LogP contribution >= 0.6 is 11.6 Å². The SMILES string of the molecule is CS(=O)(=O)Nc1ccc(Cl)c(C(=O)Nc2ccccc2C(=O)NC[C@@H]2CCCO2)c1. The van der Waals surface area contributed by atoms with Gasteiger partial charge in [0, 0.05) is 18.8 Å². The number of ether oxygens (including phenoxy) is 1. The van der Waals surface area contributed by atoms with Crippen LogP contribution in [0.5, 0.6) is 0 Å². The van der Waals surface area contributed by atoms with Gasteiger partial charge in [-0.15, -0.1) is 0 Å². The molecule has 2 aromatic carbocycles. The van der Waals surface area contributed by atoms with Crippen LogP contribution in [0.2, 0.25) is 5.02 Å². The van der Waals surface area contributed by atoms with Crippen LogP contribution in [0.4, 0.5) is 11.4 Å². The maximum Gasteiger partial charge on any atom is 0.257 e. The van der Waals surface area contributed by atoms with Gasteiger partial charge in [0.05, 0.1) is 34.2 Å². The second kappa shape index (κ2) is 9.46. The lowest BCUT2D eigenvalue weighted by atomic mass is 10.1. The van der Waals surface area contributed by atoms with E-state index in [1.807, 2.05) is 0 Å². The molecule has 2 amide bonds. The van der Waals surface area contributed by atoms with Crippen molar-refractivity contribution >= 4 is 44.8 Å². The Kier molecular flexibility index (Phi) is 6.96. The van der Waals surface area contributed by atoms with Crippen molar-refractivity contribution in [2.45, 2.75) is 18.9 Å². The van der Waals surface area contributed by atoms with E-state index < -0.39 is 15.9 Å². The normalized spacial score (nSPS) is 16.1. The highest BCUT2D eigenvalue weighted by Crippen LogP contribution is 2.24. The quantitative estimate of drug-likeness (QED) is 0.599. The van der Waals surface area contributed by atoms with Gasteiger partial charge in [-0.3, -0.25) is 14.3 Å². The van der Waals surface area contributed by atoms with E-state index in [2.05, 4.69) is 15.4 Å². The van der Waals surface area contributed by atoms with Crippen LogP contribution in [0.15, 0.2) is 42.5 Å². The smallest absolute Gasteiger partial charge is 0.257 e. The summed E-state index contributed by atoms with van der Waals surface area (Å²) in [4.78, 5) is 25.4. The molecule has 3 rings (SSSR count). The zero-order valence-corrected chi connectivity index (χ0v) is 17.8. The number of para-hydroxylation sites is 1. The minimum atomic E-state index is -3.51. The van der Waals surface area contributed by atoms with E-state index in [0.717, 1.165) is 19.1 Å². The van der Waals surface area contributed by atoms with E-state index >= 15 is 0 Å². The third-order valence-electron chi connectivity index (χ3n) is 4.45. The van der Waals surface area contributed by atoms with Crippen molar-refractivity contribution in [3.63, 3.8) is 0 Å². The molecular weight excluding hydrogens is 430 g/mol. The molecule has 3 N–H and O–H groups in total. The number of rotatable bonds is 7. The highest BCUT2D eigenvalue weighted by molar-refractivity contribution is 7.92. The lowest BCUT2D eigenvalue weighted by Gasteiger charge is -2.14. The molecule has 1 heterocycles. The van der Waals surface area contributed by atoms with E-state index in [1.165, 1.54) is 18.2 Å². The van der Waals surface area contributed by atoms with Gasteiger partial charge in [0.2, 0.25) is 10.0 Å². The van der Waals surface area contributed by atoms with Crippen LogP contribution in [0.1, 0.15) is 33.6 Å². The first-order valence-electron chi connectivity index (χ1n) is 9.30. The molecule has 0 aliphatic carbocycles. The number of anilines is 2. The first-order valence-corrected chi connectivity index (χ1v) is 11.6. The van der Waals surface area contributed by atoms with E-state index in [-0.39, 0.29) is 28.3 Å². The average molecular weight is 452 g/mol. The number of halogens is 1. The molecule has 1 atom stereocenters. The van der Waals surface area contributed by atoms with Gasteiger partial charge < -0.3 is 15.4 Å². The van der Waals surface area contributed by atoms with Crippen molar-refractivity contribution < 1.29 is 22.7 Å². The Hall–Kier alpha value is -2.62. The predicted molar refractivity (Wildman–Crippen MR) is 116 cm³/mol. The standard InChI is InChI=1S/C20H22ClN3O5S/c1-30(27,28)24-13-8-9-17(21)16(11-13)20(26)23-18-7-3-2-6-15(18)19(25)22-12-14-5-4-10-29-14/h2-3,6-9,11,14,24H,4-5,10,12H2,1H3,(H,22,25)(H,23,26)/t14-/m0/s1. The van der Waals surface area contributed by atoms with Gasteiger partial charge in [0.25, 0.3) is 11.8 Å². The van der Waals surface area contributed by atoms with Gasteiger partial charge in [-0.2, -0.15) is 0 Å². The Labute approximate surface area is 180 Å². The number of hydrogen-bond acceptors (Lipinski definition) is 5. The number of amides is 2. The third kappa shape index (κ3) is 5.94. The zero-order valence-electron chi connectivity index (χ0n) is 16.3. The largest absolute Gasteiger partial charge is 0.376 e. The molecule has 1 saturated heterocycles. The van der Waals surface area contributed by atoms with E-state index in [0.29, 0.717) is 24.4 Å². The van der Waals surface area contributed by atoms with Gasteiger partial charge in [-0.25, -0.2) is 8.42 Å². The Morgan fingerprint density at radius 2 is 1.90 bits per heavy atom. The molecular formula is C20H22ClN3O5S. The van der Waals surface area contributed by atoms with Crippen LogP contribution in [-0.4, -0.2) is 45.7 Å². The Morgan fingerprint density at radius 3 is 2.60 bits per heavy atom. The number of hydrogen-bond donors (Lipinski definition) is 3. The Balaban J connectivity index is 1.75. The maximum absolute atomic E-state index is 12.8.